The largest absolute Gasteiger partial charge is 0.497 e. The van der Waals surface area contributed by atoms with Crippen LogP contribution in [0, 0.1) is 5.82 Å². The highest BCUT2D eigenvalue weighted by atomic mass is 79.9. The van der Waals surface area contributed by atoms with E-state index in [1.54, 1.807) is 23.9 Å². The summed E-state index contributed by atoms with van der Waals surface area (Å²) in [6.07, 6.45) is 3.39. The van der Waals surface area contributed by atoms with Crippen LogP contribution >= 0.6 is 15.9 Å². The monoisotopic (exact) mass is 400 g/mol. The van der Waals surface area contributed by atoms with Gasteiger partial charge in [0.2, 0.25) is 5.95 Å². The quantitative estimate of drug-likeness (QED) is 0.713. The molecule has 1 atom stereocenters. The first-order valence-corrected chi connectivity index (χ1v) is 8.43. The van der Waals surface area contributed by atoms with E-state index >= 15 is 0 Å². The molecule has 1 aromatic heterocycles. The molecule has 0 amide bonds. The van der Waals surface area contributed by atoms with Gasteiger partial charge in [0, 0.05) is 15.7 Å². The molecule has 1 N–H and O–H groups in total. The summed E-state index contributed by atoms with van der Waals surface area (Å²) in [4.78, 5) is 4.24. The van der Waals surface area contributed by atoms with Crippen molar-refractivity contribution in [3.05, 3.63) is 76.3 Å². The number of nitrogens with zero attached hydrogens (tertiary/aromatic N) is 3. The zero-order valence-corrected chi connectivity index (χ0v) is 14.9. The molecule has 1 aliphatic heterocycles. The first-order chi connectivity index (χ1) is 12.2. The highest BCUT2D eigenvalue weighted by molar-refractivity contribution is 9.10. The maximum Gasteiger partial charge on any atom is 0.226 e. The highest BCUT2D eigenvalue weighted by Crippen LogP contribution is 2.34. The van der Waals surface area contributed by atoms with Gasteiger partial charge in [-0.05, 0) is 54.1 Å². The van der Waals surface area contributed by atoms with Crippen LogP contribution in [0.1, 0.15) is 17.2 Å². The normalized spacial score (nSPS) is 16.0. The third-order valence-electron chi connectivity index (χ3n) is 4.09. The molecular formula is C18H14BrFN4O. The van der Waals surface area contributed by atoms with Gasteiger partial charge in [-0.1, -0.05) is 15.9 Å². The summed E-state index contributed by atoms with van der Waals surface area (Å²) in [5.41, 5.74) is 2.32. The fourth-order valence-corrected chi connectivity index (χ4v) is 3.21. The second-order valence-corrected chi connectivity index (χ2v) is 6.49. The molecule has 25 heavy (non-hydrogen) atoms. The summed E-state index contributed by atoms with van der Waals surface area (Å²) in [6, 6.07) is 12.1. The van der Waals surface area contributed by atoms with E-state index < -0.39 is 6.04 Å². The van der Waals surface area contributed by atoms with Gasteiger partial charge in [-0.25, -0.2) is 9.07 Å². The molecule has 0 radical (unpaired) electrons. The highest BCUT2D eigenvalue weighted by Gasteiger charge is 2.25. The third kappa shape index (κ3) is 2.91. The van der Waals surface area contributed by atoms with E-state index in [0.29, 0.717) is 11.5 Å². The van der Waals surface area contributed by atoms with Crippen LogP contribution < -0.4 is 10.1 Å². The maximum absolute atomic E-state index is 14.4. The lowest BCUT2D eigenvalue weighted by Gasteiger charge is -2.25. The van der Waals surface area contributed by atoms with Gasteiger partial charge in [0.05, 0.1) is 7.11 Å². The van der Waals surface area contributed by atoms with E-state index in [1.807, 2.05) is 30.3 Å². The van der Waals surface area contributed by atoms with Gasteiger partial charge >= 0.3 is 0 Å². The van der Waals surface area contributed by atoms with Crippen molar-refractivity contribution >= 4 is 27.6 Å². The Kier molecular flexibility index (Phi) is 4.01. The van der Waals surface area contributed by atoms with Crippen LogP contribution in [0.4, 0.5) is 10.3 Å². The molecule has 0 saturated carbocycles. The first kappa shape index (κ1) is 15.8. The molecule has 0 bridgehead atoms. The van der Waals surface area contributed by atoms with E-state index in [-0.39, 0.29) is 5.82 Å². The molecule has 2 heterocycles. The van der Waals surface area contributed by atoms with Crippen LogP contribution in [0.2, 0.25) is 0 Å². The van der Waals surface area contributed by atoms with E-state index in [4.69, 9.17) is 4.74 Å². The van der Waals surface area contributed by atoms with Gasteiger partial charge in [-0.15, -0.1) is 0 Å². The number of nitrogens with one attached hydrogen (secondary N) is 1. The number of rotatable bonds is 3. The smallest absolute Gasteiger partial charge is 0.226 e. The first-order valence-electron chi connectivity index (χ1n) is 7.63. The van der Waals surface area contributed by atoms with E-state index in [2.05, 4.69) is 31.3 Å². The average Bonchev–Trinajstić information content (AvgIpc) is 3.12. The average molecular weight is 401 g/mol. The van der Waals surface area contributed by atoms with Crippen molar-refractivity contribution in [2.75, 3.05) is 12.4 Å². The number of allylic oxidation sites excluding steroid dienone is 1. The van der Waals surface area contributed by atoms with Crippen LogP contribution in [-0.2, 0) is 0 Å². The molecule has 2 aromatic carbocycles. The molecule has 126 valence electrons. The second kappa shape index (κ2) is 6.33. The van der Waals surface area contributed by atoms with Crippen LogP contribution in [0.3, 0.4) is 0 Å². The fraction of sp³-hybridized carbons (Fsp3) is 0.111. The lowest BCUT2D eigenvalue weighted by molar-refractivity contribution is 0.415. The Hall–Kier alpha value is -2.67. The summed E-state index contributed by atoms with van der Waals surface area (Å²) in [6.45, 7) is 0. The van der Waals surface area contributed by atoms with Crippen LogP contribution in [0.25, 0.3) is 5.70 Å². The number of halogens is 2. The second-order valence-electron chi connectivity index (χ2n) is 5.57. The molecule has 0 unspecified atom stereocenters. The van der Waals surface area contributed by atoms with Crippen LogP contribution in [0.5, 0.6) is 5.75 Å². The molecule has 0 aliphatic carbocycles. The molecule has 4 rings (SSSR count). The lowest BCUT2D eigenvalue weighted by atomic mass is 10.0. The van der Waals surface area contributed by atoms with Gasteiger partial charge in [-0.3, -0.25) is 0 Å². The maximum atomic E-state index is 14.4. The number of hydrogen-bond donors (Lipinski definition) is 1. The van der Waals surface area contributed by atoms with E-state index in [1.165, 1.54) is 12.4 Å². The van der Waals surface area contributed by atoms with Gasteiger partial charge in [0.1, 0.15) is 23.9 Å². The predicted molar refractivity (Wildman–Crippen MR) is 96.9 cm³/mol. The zero-order chi connectivity index (χ0) is 17.4. The van der Waals surface area contributed by atoms with Crippen molar-refractivity contribution in [2.45, 2.75) is 6.04 Å². The number of anilines is 1. The molecule has 0 spiro atoms. The number of hydrogen-bond acceptors (Lipinski definition) is 4. The standard InChI is InChI=1S/C18H14BrFN4O/c1-25-13-5-2-11(3-6-13)16-9-17(24-18(23-16)21-10-22-24)14-8-12(19)4-7-15(14)20/h2-10,17H,1H3,(H,21,22,23)/t17-/m0/s1. The molecule has 0 saturated heterocycles. The Bertz CT molecular complexity index is 952. The van der Waals surface area contributed by atoms with Crippen molar-refractivity contribution < 1.29 is 9.13 Å². The van der Waals surface area contributed by atoms with Gasteiger partial charge in [0.25, 0.3) is 0 Å². The molecule has 1 aliphatic rings. The van der Waals surface area contributed by atoms with Gasteiger partial charge in [0.15, 0.2) is 0 Å². The van der Waals surface area contributed by atoms with Crippen molar-refractivity contribution in [2.24, 2.45) is 0 Å². The summed E-state index contributed by atoms with van der Waals surface area (Å²) < 4.78 is 22.1. The third-order valence-corrected chi connectivity index (χ3v) is 4.58. The molecule has 3 aromatic rings. The summed E-state index contributed by atoms with van der Waals surface area (Å²) in [7, 11) is 1.63. The molecular weight excluding hydrogens is 387 g/mol. The SMILES string of the molecule is COc1ccc(C2=C[C@@H](c3cc(Br)ccc3F)n3ncnc3N2)cc1. The summed E-state index contributed by atoms with van der Waals surface area (Å²) in [5, 5.41) is 7.48. The Balaban J connectivity index is 1.81. The van der Waals surface area contributed by atoms with Crippen molar-refractivity contribution in [1.29, 1.82) is 0 Å². The Labute approximate surface area is 152 Å². The van der Waals surface area contributed by atoms with Crippen molar-refractivity contribution in [3.8, 4) is 5.75 Å². The van der Waals surface area contributed by atoms with E-state index in [9.17, 15) is 4.39 Å². The van der Waals surface area contributed by atoms with Gasteiger partial charge < -0.3 is 10.1 Å². The zero-order valence-electron chi connectivity index (χ0n) is 13.3. The Morgan fingerprint density at radius 2 is 2.00 bits per heavy atom. The van der Waals surface area contributed by atoms with Crippen LogP contribution in [0.15, 0.2) is 59.3 Å². The minimum absolute atomic E-state index is 0.290. The van der Waals surface area contributed by atoms with Gasteiger partial charge in [-0.2, -0.15) is 10.1 Å². The van der Waals surface area contributed by atoms with Crippen molar-refractivity contribution in [1.82, 2.24) is 14.8 Å². The lowest BCUT2D eigenvalue weighted by Crippen LogP contribution is -2.21. The topological polar surface area (TPSA) is 52.0 Å². The van der Waals surface area contributed by atoms with Crippen molar-refractivity contribution in [3.63, 3.8) is 0 Å². The Morgan fingerprint density at radius 3 is 2.76 bits per heavy atom. The number of fused-ring (bicyclic) bond motifs is 1. The summed E-state index contributed by atoms with van der Waals surface area (Å²) >= 11 is 3.41. The number of benzene rings is 2. The minimum Gasteiger partial charge on any atom is -0.497 e. The summed E-state index contributed by atoms with van der Waals surface area (Å²) in [5.74, 6) is 1.05. The molecule has 5 nitrogen and oxygen atoms in total. The number of methoxy groups -OCH3 is 1. The fourth-order valence-electron chi connectivity index (χ4n) is 2.84. The molecule has 0 fully saturated rings. The Morgan fingerprint density at radius 1 is 1.20 bits per heavy atom. The van der Waals surface area contributed by atoms with E-state index in [0.717, 1.165) is 21.5 Å². The van der Waals surface area contributed by atoms with Crippen LogP contribution in [-0.4, -0.2) is 21.9 Å². The minimum atomic E-state index is -0.395. The molecule has 7 heteroatoms. The number of aromatic nitrogens is 3. The predicted octanol–water partition coefficient (Wildman–Crippen LogP) is 4.24. The number of ether oxygens (including phenoxy) is 1.